The number of ketones is 1. The van der Waals surface area contributed by atoms with Crippen LogP contribution in [0.1, 0.15) is 61.6 Å². The molecule has 0 saturated heterocycles. The van der Waals surface area contributed by atoms with E-state index in [9.17, 15) is 4.79 Å². The SMILES string of the molecule is Cc1cc(C)cc(CC(=O)C2CCCCCCC2)c1. The molecule has 1 aromatic carbocycles. The largest absolute Gasteiger partial charge is 0.299 e. The molecule has 0 amide bonds. The van der Waals surface area contributed by atoms with Gasteiger partial charge in [-0.1, -0.05) is 61.4 Å². The van der Waals surface area contributed by atoms with Crippen LogP contribution in [0.25, 0.3) is 0 Å². The fourth-order valence-corrected chi connectivity index (χ4v) is 3.29. The van der Waals surface area contributed by atoms with Crippen LogP contribution in [0.3, 0.4) is 0 Å². The van der Waals surface area contributed by atoms with Crippen molar-refractivity contribution >= 4 is 5.78 Å². The predicted molar refractivity (Wildman–Crippen MR) is 80.4 cm³/mol. The molecular weight excluding hydrogens is 232 g/mol. The average Bonchev–Trinajstić information content (AvgIpc) is 2.26. The van der Waals surface area contributed by atoms with Crippen LogP contribution in [-0.4, -0.2) is 5.78 Å². The molecule has 1 heteroatoms. The van der Waals surface area contributed by atoms with E-state index in [-0.39, 0.29) is 0 Å². The maximum Gasteiger partial charge on any atom is 0.140 e. The Morgan fingerprint density at radius 3 is 2.05 bits per heavy atom. The lowest BCUT2D eigenvalue weighted by Crippen LogP contribution is -2.18. The topological polar surface area (TPSA) is 17.1 Å². The van der Waals surface area contributed by atoms with E-state index in [0.29, 0.717) is 18.1 Å². The standard InChI is InChI=1S/C18H26O/c1-14-10-15(2)12-16(11-14)13-18(19)17-8-6-4-3-5-7-9-17/h10-12,17H,3-9,13H2,1-2H3. The molecule has 0 atom stereocenters. The molecule has 0 bridgehead atoms. The van der Waals surface area contributed by atoms with E-state index < -0.39 is 0 Å². The van der Waals surface area contributed by atoms with E-state index >= 15 is 0 Å². The molecule has 1 fully saturated rings. The van der Waals surface area contributed by atoms with Gasteiger partial charge in [-0.2, -0.15) is 0 Å². The van der Waals surface area contributed by atoms with Gasteiger partial charge in [0, 0.05) is 12.3 Å². The third-order valence-electron chi connectivity index (χ3n) is 4.22. The van der Waals surface area contributed by atoms with Gasteiger partial charge in [0.25, 0.3) is 0 Å². The van der Waals surface area contributed by atoms with Gasteiger partial charge < -0.3 is 0 Å². The second kappa shape index (κ2) is 6.88. The summed E-state index contributed by atoms with van der Waals surface area (Å²) in [6, 6.07) is 6.49. The number of hydrogen-bond donors (Lipinski definition) is 0. The first-order chi connectivity index (χ1) is 9.15. The number of Topliss-reactive ketones (excluding diaryl/α,β-unsaturated/α-hetero) is 1. The van der Waals surface area contributed by atoms with Crippen LogP contribution >= 0.6 is 0 Å². The Hall–Kier alpha value is -1.11. The summed E-state index contributed by atoms with van der Waals surface area (Å²) >= 11 is 0. The van der Waals surface area contributed by atoms with E-state index in [1.54, 1.807) is 0 Å². The van der Waals surface area contributed by atoms with Gasteiger partial charge >= 0.3 is 0 Å². The number of aryl methyl sites for hydroxylation is 2. The molecule has 1 nitrogen and oxygen atoms in total. The maximum atomic E-state index is 12.5. The predicted octanol–water partition coefficient (Wildman–Crippen LogP) is 4.78. The number of rotatable bonds is 3. The summed E-state index contributed by atoms with van der Waals surface area (Å²) in [7, 11) is 0. The molecule has 0 radical (unpaired) electrons. The second-order valence-corrected chi connectivity index (χ2v) is 6.18. The molecule has 1 aliphatic carbocycles. The van der Waals surface area contributed by atoms with Gasteiger partial charge in [0.2, 0.25) is 0 Å². The average molecular weight is 258 g/mol. The highest BCUT2D eigenvalue weighted by Gasteiger charge is 2.19. The summed E-state index contributed by atoms with van der Waals surface area (Å²) in [5.41, 5.74) is 3.73. The summed E-state index contributed by atoms with van der Waals surface area (Å²) < 4.78 is 0. The van der Waals surface area contributed by atoms with Crippen LogP contribution in [0.4, 0.5) is 0 Å². The van der Waals surface area contributed by atoms with Crippen LogP contribution in [0.5, 0.6) is 0 Å². The summed E-state index contributed by atoms with van der Waals surface area (Å²) in [4.78, 5) is 12.5. The van der Waals surface area contributed by atoms with Crippen molar-refractivity contribution in [1.82, 2.24) is 0 Å². The molecule has 1 saturated carbocycles. The van der Waals surface area contributed by atoms with E-state index in [4.69, 9.17) is 0 Å². The van der Waals surface area contributed by atoms with E-state index in [1.165, 1.54) is 48.8 Å². The fourth-order valence-electron chi connectivity index (χ4n) is 3.29. The molecular formula is C18H26O. The zero-order valence-electron chi connectivity index (χ0n) is 12.4. The Bertz CT molecular complexity index is 405. The highest BCUT2D eigenvalue weighted by molar-refractivity contribution is 5.83. The Kier molecular flexibility index (Phi) is 5.18. The van der Waals surface area contributed by atoms with Crippen LogP contribution in [0, 0.1) is 19.8 Å². The van der Waals surface area contributed by atoms with Gasteiger partial charge in [-0.3, -0.25) is 4.79 Å². The molecule has 0 N–H and O–H groups in total. The van der Waals surface area contributed by atoms with Crippen molar-refractivity contribution in [3.63, 3.8) is 0 Å². The summed E-state index contributed by atoms with van der Waals surface area (Å²) in [6.07, 6.45) is 9.33. The molecule has 2 rings (SSSR count). The summed E-state index contributed by atoms with van der Waals surface area (Å²) in [5.74, 6) is 0.785. The van der Waals surface area contributed by atoms with Crippen molar-refractivity contribution in [2.24, 2.45) is 5.92 Å². The number of carbonyl (C=O) groups is 1. The van der Waals surface area contributed by atoms with Crippen molar-refractivity contribution in [3.8, 4) is 0 Å². The van der Waals surface area contributed by atoms with Gasteiger partial charge in [-0.05, 0) is 32.3 Å². The Balaban J connectivity index is 1.98. The number of carbonyl (C=O) groups excluding carboxylic acids is 1. The van der Waals surface area contributed by atoms with Crippen molar-refractivity contribution in [3.05, 3.63) is 34.9 Å². The van der Waals surface area contributed by atoms with Crippen molar-refractivity contribution < 1.29 is 4.79 Å². The third kappa shape index (κ3) is 4.49. The van der Waals surface area contributed by atoms with E-state index in [2.05, 4.69) is 32.0 Å². The molecule has 104 valence electrons. The lowest BCUT2D eigenvalue weighted by atomic mass is 9.86. The van der Waals surface area contributed by atoms with Gasteiger partial charge in [0.05, 0.1) is 0 Å². The number of benzene rings is 1. The minimum Gasteiger partial charge on any atom is -0.299 e. The minimum atomic E-state index is 0.320. The van der Waals surface area contributed by atoms with Crippen molar-refractivity contribution in [2.45, 2.75) is 65.2 Å². The van der Waals surface area contributed by atoms with Crippen molar-refractivity contribution in [1.29, 1.82) is 0 Å². The van der Waals surface area contributed by atoms with Crippen molar-refractivity contribution in [2.75, 3.05) is 0 Å². The molecule has 19 heavy (non-hydrogen) atoms. The highest BCUT2D eigenvalue weighted by Crippen LogP contribution is 2.24. The second-order valence-electron chi connectivity index (χ2n) is 6.18. The Labute approximate surface area is 117 Å². The molecule has 1 aromatic rings. The molecule has 0 aromatic heterocycles. The first kappa shape index (κ1) is 14.3. The minimum absolute atomic E-state index is 0.320. The Morgan fingerprint density at radius 1 is 0.947 bits per heavy atom. The third-order valence-corrected chi connectivity index (χ3v) is 4.22. The smallest absolute Gasteiger partial charge is 0.140 e. The van der Waals surface area contributed by atoms with Gasteiger partial charge in [0.15, 0.2) is 0 Å². The molecule has 0 unspecified atom stereocenters. The zero-order chi connectivity index (χ0) is 13.7. The normalized spacial score (nSPS) is 17.8. The molecule has 0 heterocycles. The van der Waals surface area contributed by atoms with Gasteiger partial charge in [0.1, 0.15) is 5.78 Å². The summed E-state index contributed by atoms with van der Waals surface area (Å²) in [6.45, 7) is 4.22. The molecule has 0 spiro atoms. The van der Waals surface area contributed by atoms with Gasteiger partial charge in [-0.25, -0.2) is 0 Å². The van der Waals surface area contributed by atoms with E-state index in [1.807, 2.05) is 0 Å². The highest BCUT2D eigenvalue weighted by atomic mass is 16.1. The lowest BCUT2D eigenvalue weighted by molar-refractivity contribution is -0.122. The van der Waals surface area contributed by atoms with Crippen LogP contribution in [0.2, 0.25) is 0 Å². The summed E-state index contributed by atoms with van der Waals surface area (Å²) in [5, 5.41) is 0. The van der Waals surface area contributed by atoms with Crippen LogP contribution in [0.15, 0.2) is 18.2 Å². The first-order valence-corrected chi connectivity index (χ1v) is 7.75. The fraction of sp³-hybridized carbons (Fsp3) is 0.611. The van der Waals surface area contributed by atoms with Crippen LogP contribution < -0.4 is 0 Å². The maximum absolute atomic E-state index is 12.5. The molecule has 1 aliphatic rings. The first-order valence-electron chi connectivity index (χ1n) is 7.75. The van der Waals surface area contributed by atoms with E-state index in [0.717, 1.165) is 12.8 Å². The Morgan fingerprint density at radius 2 is 1.47 bits per heavy atom. The lowest BCUT2D eigenvalue weighted by Gasteiger charge is -2.18. The van der Waals surface area contributed by atoms with Gasteiger partial charge in [-0.15, -0.1) is 0 Å². The molecule has 0 aliphatic heterocycles. The number of hydrogen-bond acceptors (Lipinski definition) is 1. The quantitative estimate of drug-likeness (QED) is 0.763. The monoisotopic (exact) mass is 258 g/mol. The van der Waals surface area contributed by atoms with Crippen LogP contribution in [-0.2, 0) is 11.2 Å². The zero-order valence-corrected chi connectivity index (χ0v) is 12.4.